The molecular formula is C51H51N5O6. The number of para-hydroxylation sites is 2. The first kappa shape index (κ1) is 40.9. The fourth-order valence-electron chi connectivity index (χ4n) is 8.74. The quantitative estimate of drug-likeness (QED) is 0.0965. The van der Waals surface area contributed by atoms with E-state index in [4.69, 9.17) is 14.2 Å². The van der Waals surface area contributed by atoms with Crippen molar-refractivity contribution in [1.82, 2.24) is 15.5 Å². The molecule has 11 nitrogen and oxygen atoms in total. The first-order valence-electron chi connectivity index (χ1n) is 21.3. The van der Waals surface area contributed by atoms with Crippen molar-refractivity contribution in [3.63, 3.8) is 0 Å². The van der Waals surface area contributed by atoms with E-state index in [1.54, 1.807) is 0 Å². The molecule has 0 aromatic heterocycles. The Hall–Kier alpha value is -6.50. The Bertz CT molecular complexity index is 2420. The van der Waals surface area contributed by atoms with Crippen LogP contribution in [0.2, 0.25) is 0 Å². The van der Waals surface area contributed by atoms with E-state index in [9.17, 15) is 14.7 Å². The summed E-state index contributed by atoms with van der Waals surface area (Å²) in [5, 5.41) is 18.6. The molecule has 3 aliphatic rings. The summed E-state index contributed by atoms with van der Waals surface area (Å²) in [7, 11) is 0. The van der Waals surface area contributed by atoms with E-state index in [-0.39, 0.29) is 30.8 Å². The second-order valence-electron chi connectivity index (χ2n) is 16.2. The first-order chi connectivity index (χ1) is 30.4. The van der Waals surface area contributed by atoms with E-state index in [1.165, 1.54) is 0 Å². The zero-order valence-corrected chi connectivity index (χ0v) is 34.5. The van der Waals surface area contributed by atoms with E-state index in [0.29, 0.717) is 31.1 Å². The van der Waals surface area contributed by atoms with Gasteiger partial charge in [-0.15, -0.1) is 0 Å². The van der Waals surface area contributed by atoms with Crippen molar-refractivity contribution < 1.29 is 28.9 Å². The number of urea groups is 1. The molecule has 6 aromatic rings. The van der Waals surface area contributed by atoms with Gasteiger partial charge in [-0.2, -0.15) is 0 Å². The number of amides is 3. The lowest BCUT2D eigenvalue weighted by atomic mass is 9.85. The van der Waals surface area contributed by atoms with Crippen molar-refractivity contribution in [3.05, 3.63) is 180 Å². The van der Waals surface area contributed by atoms with Crippen LogP contribution in [0.5, 0.6) is 11.5 Å². The third kappa shape index (κ3) is 9.36. The van der Waals surface area contributed by atoms with Crippen LogP contribution in [0.25, 0.3) is 11.1 Å². The maximum atomic E-state index is 13.3. The predicted molar refractivity (Wildman–Crippen MR) is 239 cm³/mol. The van der Waals surface area contributed by atoms with Crippen molar-refractivity contribution in [3.8, 4) is 22.6 Å². The first-order valence-corrected chi connectivity index (χ1v) is 21.3. The van der Waals surface area contributed by atoms with Gasteiger partial charge in [0.15, 0.2) is 6.29 Å². The lowest BCUT2D eigenvalue weighted by molar-refractivity contribution is -0.253. The van der Waals surface area contributed by atoms with Crippen molar-refractivity contribution in [2.75, 3.05) is 36.5 Å². The zero-order valence-electron chi connectivity index (χ0n) is 34.5. The monoisotopic (exact) mass is 829 g/mol. The number of ether oxygens (including phenoxy) is 3. The summed E-state index contributed by atoms with van der Waals surface area (Å²) < 4.78 is 19.3. The average molecular weight is 830 g/mol. The standard InChI is InChI=1S/C51H51N5O6/c57-34-36-14-16-39(17-15-36)47-31-46(33-55-28-26-51(27-29-55)49(58)53-35-56(51)43-10-3-1-4-11-43)61-48(62-47)40-20-18-38(19-21-40)41-9-7-8-37(30-41)32-52-50(59)54-42-22-24-45(25-23-42)60-44-12-5-2-6-13-44/h1-25,30,46-48,57H,26-29,31-35H2,(H,53,58)(H2,52,54,59)/t46-,47+,48+/m1/s1. The Kier molecular flexibility index (Phi) is 12.3. The fraction of sp³-hybridized carbons (Fsp3) is 0.255. The second kappa shape index (κ2) is 18.6. The van der Waals surface area contributed by atoms with Gasteiger partial charge in [-0.1, -0.05) is 103 Å². The molecule has 0 radical (unpaired) electrons. The number of likely N-dealkylation sites (tertiary alicyclic amines) is 1. The van der Waals surface area contributed by atoms with Gasteiger partial charge in [0.05, 0.1) is 25.5 Å². The Morgan fingerprint density at radius 2 is 1.44 bits per heavy atom. The minimum Gasteiger partial charge on any atom is -0.457 e. The van der Waals surface area contributed by atoms with Gasteiger partial charge in [-0.25, -0.2) is 4.79 Å². The molecule has 4 N–H and O–H groups in total. The topological polar surface area (TPSA) is 125 Å². The molecule has 3 aliphatic heterocycles. The highest BCUT2D eigenvalue weighted by molar-refractivity contribution is 5.93. The Morgan fingerprint density at radius 1 is 0.742 bits per heavy atom. The van der Waals surface area contributed by atoms with E-state index >= 15 is 0 Å². The number of aliphatic hydroxyl groups is 1. The second-order valence-corrected chi connectivity index (χ2v) is 16.2. The van der Waals surface area contributed by atoms with Gasteiger partial charge in [0.2, 0.25) is 5.91 Å². The van der Waals surface area contributed by atoms with Gasteiger partial charge in [0.1, 0.15) is 17.0 Å². The Balaban J connectivity index is 0.831. The van der Waals surface area contributed by atoms with Crippen molar-refractivity contribution in [2.24, 2.45) is 0 Å². The molecule has 6 aromatic carbocycles. The molecule has 0 aliphatic carbocycles. The van der Waals surface area contributed by atoms with Gasteiger partial charge < -0.3 is 45.1 Å². The summed E-state index contributed by atoms with van der Waals surface area (Å²) in [5.74, 6) is 1.54. The number of hydrogen-bond donors (Lipinski definition) is 4. The molecule has 3 saturated heterocycles. The normalized spacial score (nSPS) is 19.8. The number of rotatable bonds is 12. The SMILES string of the molecule is O=C(NCc1cccc(-c2ccc([C@H]3O[C@@H](CN4CCC5(CC4)C(=O)NCN5c4ccccc4)C[C@@H](c4ccc(CO)cc4)O3)cc2)c1)Nc1ccc(Oc2ccccc2)cc1. The van der Waals surface area contributed by atoms with Crippen LogP contribution in [0.15, 0.2) is 158 Å². The number of piperidine rings is 1. The number of carbonyl (C=O) groups is 2. The number of nitrogens with one attached hydrogen (secondary N) is 3. The number of anilines is 2. The van der Waals surface area contributed by atoms with E-state index < -0.39 is 11.8 Å². The molecule has 316 valence electrons. The van der Waals surface area contributed by atoms with Gasteiger partial charge >= 0.3 is 6.03 Å². The number of hydrogen-bond acceptors (Lipinski definition) is 8. The third-order valence-electron chi connectivity index (χ3n) is 12.2. The minimum absolute atomic E-state index is 0.0148. The molecule has 0 unspecified atom stereocenters. The Labute approximate surface area is 362 Å². The van der Waals surface area contributed by atoms with Gasteiger partial charge in [0, 0.05) is 49.5 Å². The number of aliphatic hydroxyl groups excluding tert-OH is 1. The van der Waals surface area contributed by atoms with E-state index in [2.05, 4.69) is 74.3 Å². The highest BCUT2D eigenvalue weighted by atomic mass is 16.7. The summed E-state index contributed by atoms with van der Waals surface area (Å²) in [6.45, 7) is 3.15. The van der Waals surface area contributed by atoms with Crippen molar-refractivity contribution >= 4 is 23.3 Å². The molecule has 3 heterocycles. The van der Waals surface area contributed by atoms with Gasteiger partial charge in [-0.3, -0.25) is 4.79 Å². The molecule has 11 heteroatoms. The van der Waals surface area contributed by atoms with Crippen LogP contribution in [0.4, 0.5) is 16.2 Å². The number of benzene rings is 6. The highest BCUT2D eigenvalue weighted by Crippen LogP contribution is 2.40. The van der Waals surface area contributed by atoms with E-state index in [0.717, 1.165) is 77.3 Å². The van der Waals surface area contributed by atoms with Crippen LogP contribution < -0.4 is 25.6 Å². The maximum Gasteiger partial charge on any atom is 0.319 e. The van der Waals surface area contributed by atoms with Crippen LogP contribution in [-0.4, -0.2) is 59.9 Å². The van der Waals surface area contributed by atoms with Crippen molar-refractivity contribution in [2.45, 2.75) is 56.5 Å². The third-order valence-corrected chi connectivity index (χ3v) is 12.2. The highest BCUT2D eigenvalue weighted by Gasteiger charge is 2.50. The van der Waals surface area contributed by atoms with Crippen LogP contribution in [-0.2, 0) is 27.4 Å². The molecule has 3 amide bonds. The smallest absolute Gasteiger partial charge is 0.319 e. The summed E-state index contributed by atoms with van der Waals surface area (Å²) in [4.78, 5) is 30.8. The molecule has 0 saturated carbocycles. The lowest BCUT2D eigenvalue weighted by Crippen LogP contribution is -2.57. The molecule has 62 heavy (non-hydrogen) atoms. The van der Waals surface area contributed by atoms with Crippen LogP contribution in [0.3, 0.4) is 0 Å². The minimum atomic E-state index is -0.586. The molecule has 1 spiro atoms. The van der Waals surface area contributed by atoms with Crippen LogP contribution in [0.1, 0.15) is 53.9 Å². The summed E-state index contributed by atoms with van der Waals surface area (Å²) >= 11 is 0. The van der Waals surface area contributed by atoms with Crippen LogP contribution in [0, 0.1) is 0 Å². The summed E-state index contributed by atoms with van der Waals surface area (Å²) in [6, 6.07) is 51.1. The summed E-state index contributed by atoms with van der Waals surface area (Å²) in [5.41, 5.74) is 7.02. The zero-order chi connectivity index (χ0) is 42.3. The van der Waals surface area contributed by atoms with Gasteiger partial charge in [-0.05, 0) is 95.3 Å². The largest absolute Gasteiger partial charge is 0.457 e. The number of carbonyl (C=O) groups excluding carboxylic acids is 2. The van der Waals surface area contributed by atoms with Crippen molar-refractivity contribution in [1.29, 1.82) is 0 Å². The fourth-order valence-corrected chi connectivity index (χ4v) is 8.74. The number of nitrogens with zero attached hydrogens (tertiary/aromatic N) is 2. The van der Waals surface area contributed by atoms with Crippen LogP contribution >= 0.6 is 0 Å². The lowest BCUT2D eigenvalue weighted by Gasteiger charge is -2.45. The molecular weight excluding hydrogens is 779 g/mol. The predicted octanol–water partition coefficient (Wildman–Crippen LogP) is 8.93. The molecule has 0 bridgehead atoms. The molecule has 9 rings (SSSR count). The van der Waals surface area contributed by atoms with E-state index in [1.807, 2.05) is 109 Å². The Morgan fingerprint density at radius 3 is 2.16 bits per heavy atom. The van der Waals surface area contributed by atoms with Gasteiger partial charge in [0.25, 0.3) is 0 Å². The molecule has 3 atom stereocenters. The molecule has 3 fully saturated rings. The maximum absolute atomic E-state index is 13.3. The summed E-state index contributed by atoms with van der Waals surface area (Å²) in [6.07, 6.45) is 1.25. The average Bonchev–Trinajstić information content (AvgIpc) is 3.64.